The Morgan fingerprint density at radius 3 is 2.32 bits per heavy atom. The van der Waals surface area contributed by atoms with Crippen LogP contribution < -0.4 is 4.72 Å². The molecule has 1 aliphatic heterocycles. The van der Waals surface area contributed by atoms with E-state index in [1.807, 2.05) is 0 Å². The number of hydrogen-bond acceptors (Lipinski definition) is 3. The molecule has 0 atom stereocenters. The van der Waals surface area contributed by atoms with E-state index in [2.05, 4.69) is 16.5 Å². The molecular weight excluding hydrogens is 343 g/mol. The number of benzene rings is 1. The number of rotatable bonds is 6. The molecule has 22 heavy (non-hydrogen) atoms. The van der Waals surface area contributed by atoms with E-state index in [1.54, 1.807) is 0 Å². The van der Waals surface area contributed by atoms with Crippen molar-refractivity contribution in [2.75, 3.05) is 26.2 Å². The standard InChI is InChI=1S/C15H22Cl2N2O2S/c1-2-5-19-6-3-12(4-7-19)11-18-22(20,21)15-9-13(16)8-14(17)10-15/h8-10,12,18H,2-7,11H2,1H3. The SMILES string of the molecule is CCCN1CCC(CNS(=O)(=O)c2cc(Cl)cc(Cl)c2)CC1. The summed E-state index contributed by atoms with van der Waals surface area (Å²) in [6.07, 6.45) is 3.21. The predicted octanol–water partition coefficient (Wildman–Crippen LogP) is 3.39. The van der Waals surface area contributed by atoms with Crippen molar-refractivity contribution in [3.05, 3.63) is 28.2 Å². The zero-order valence-electron chi connectivity index (χ0n) is 12.7. The Balaban J connectivity index is 1.91. The number of nitrogens with zero attached hydrogens (tertiary/aromatic N) is 1. The second-order valence-electron chi connectivity index (χ2n) is 5.74. The molecule has 0 radical (unpaired) electrons. The van der Waals surface area contributed by atoms with E-state index in [-0.39, 0.29) is 4.90 Å². The van der Waals surface area contributed by atoms with Crippen LogP contribution in [0.25, 0.3) is 0 Å². The summed E-state index contributed by atoms with van der Waals surface area (Å²) in [6, 6.07) is 4.35. The molecule has 7 heteroatoms. The first-order chi connectivity index (χ1) is 10.4. The van der Waals surface area contributed by atoms with Crippen molar-refractivity contribution >= 4 is 33.2 Å². The van der Waals surface area contributed by atoms with Gasteiger partial charge in [-0.3, -0.25) is 0 Å². The largest absolute Gasteiger partial charge is 0.303 e. The van der Waals surface area contributed by atoms with Crippen LogP contribution >= 0.6 is 23.2 Å². The summed E-state index contributed by atoms with van der Waals surface area (Å²) in [5.74, 6) is 0.387. The van der Waals surface area contributed by atoms with E-state index in [9.17, 15) is 8.42 Å². The molecule has 0 bridgehead atoms. The van der Waals surface area contributed by atoms with Gasteiger partial charge in [-0.1, -0.05) is 30.1 Å². The maximum absolute atomic E-state index is 12.3. The summed E-state index contributed by atoms with van der Waals surface area (Å²) in [4.78, 5) is 2.55. The number of likely N-dealkylation sites (tertiary alicyclic amines) is 1. The van der Waals surface area contributed by atoms with Gasteiger partial charge >= 0.3 is 0 Å². The molecule has 1 aromatic rings. The van der Waals surface area contributed by atoms with Gasteiger partial charge in [-0.2, -0.15) is 0 Å². The summed E-state index contributed by atoms with van der Waals surface area (Å²) in [5, 5.41) is 0.640. The van der Waals surface area contributed by atoms with Crippen molar-refractivity contribution in [1.29, 1.82) is 0 Å². The van der Waals surface area contributed by atoms with Gasteiger partial charge in [0.05, 0.1) is 4.90 Å². The lowest BCUT2D eigenvalue weighted by Gasteiger charge is -2.31. The van der Waals surface area contributed by atoms with Gasteiger partial charge in [0.25, 0.3) is 0 Å². The Hall–Kier alpha value is -0.330. The fourth-order valence-corrected chi connectivity index (χ4v) is 4.57. The average Bonchev–Trinajstić information content (AvgIpc) is 2.46. The van der Waals surface area contributed by atoms with Crippen LogP contribution in [-0.4, -0.2) is 39.5 Å². The van der Waals surface area contributed by atoms with Crippen LogP contribution in [0.1, 0.15) is 26.2 Å². The van der Waals surface area contributed by atoms with Crippen molar-refractivity contribution in [3.63, 3.8) is 0 Å². The number of hydrogen-bond donors (Lipinski definition) is 1. The Morgan fingerprint density at radius 1 is 1.18 bits per heavy atom. The van der Waals surface area contributed by atoms with E-state index in [4.69, 9.17) is 23.2 Å². The van der Waals surface area contributed by atoms with Crippen LogP contribution in [0.3, 0.4) is 0 Å². The maximum atomic E-state index is 12.3. The van der Waals surface area contributed by atoms with E-state index >= 15 is 0 Å². The molecule has 1 saturated heterocycles. The van der Waals surface area contributed by atoms with Gasteiger partial charge in [-0.05, 0) is 63.0 Å². The fourth-order valence-electron chi connectivity index (χ4n) is 2.72. The smallest absolute Gasteiger partial charge is 0.240 e. The van der Waals surface area contributed by atoms with Crippen molar-refractivity contribution in [2.24, 2.45) is 5.92 Å². The summed E-state index contributed by atoms with van der Waals surface area (Å²) in [6.45, 7) is 5.86. The molecule has 0 saturated carbocycles. The molecule has 0 amide bonds. The summed E-state index contributed by atoms with van der Waals surface area (Å²) >= 11 is 11.7. The molecule has 0 aromatic heterocycles. The van der Waals surface area contributed by atoms with Gasteiger partial charge in [0.15, 0.2) is 0 Å². The number of sulfonamides is 1. The zero-order valence-corrected chi connectivity index (χ0v) is 15.0. The molecule has 2 rings (SSSR count). The minimum Gasteiger partial charge on any atom is -0.303 e. The van der Waals surface area contributed by atoms with Crippen LogP contribution in [0.2, 0.25) is 10.0 Å². The van der Waals surface area contributed by atoms with E-state index in [1.165, 1.54) is 18.2 Å². The van der Waals surface area contributed by atoms with E-state index in [0.29, 0.717) is 22.5 Å². The topological polar surface area (TPSA) is 49.4 Å². The van der Waals surface area contributed by atoms with Crippen LogP contribution in [0.15, 0.2) is 23.1 Å². The first kappa shape index (κ1) is 18.0. The normalized spacial score (nSPS) is 17.8. The number of nitrogens with one attached hydrogen (secondary N) is 1. The zero-order chi connectivity index (χ0) is 16.2. The number of halogens is 2. The van der Waals surface area contributed by atoms with Gasteiger partial charge < -0.3 is 4.90 Å². The molecule has 0 spiro atoms. The highest BCUT2D eigenvalue weighted by atomic mass is 35.5. The lowest BCUT2D eigenvalue weighted by molar-refractivity contribution is 0.186. The van der Waals surface area contributed by atoms with E-state index < -0.39 is 10.0 Å². The molecular formula is C15H22Cl2N2O2S. The van der Waals surface area contributed by atoms with Gasteiger partial charge in [-0.25, -0.2) is 13.1 Å². The highest BCUT2D eigenvalue weighted by molar-refractivity contribution is 7.89. The Kier molecular flexibility index (Phi) is 6.53. The molecule has 1 N–H and O–H groups in total. The van der Waals surface area contributed by atoms with Crippen molar-refractivity contribution in [2.45, 2.75) is 31.1 Å². The third-order valence-corrected chi connectivity index (χ3v) is 5.79. The van der Waals surface area contributed by atoms with Gasteiger partial charge in [0, 0.05) is 16.6 Å². The molecule has 0 aliphatic carbocycles. The minimum atomic E-state index is -3.56. The molecule has 1 aliphatic rings. The van der Waals surface area contributed by atoms with Gasteiger partial charge in [0.1, 0.15) is 0 Å². The van der Waals surface area contributed by atoms with Crippen molar-refractivity contribution in [3.8, 4) is 0 Å². The average molecular weight is 365 g/mol. The third-order valence-electron chi connectivity index (χ3n) is 3.96. The highest BCUT2D eigenvalue weighted by Gasteiger charge is 2.22. The summed E-state index contributed by atoms with van der Waals surface area (Å²) < 4.78 is 27.3. The maximum Gasteiger partial charge on any atom is 0.240 e. The van der Waals surface area contributed by atoms with Crippen LogP contribution in [0.5, 0.6) is 0 Å². The van der Waals surface area contributed by atoms with Gasteiger partial charge in [0.2, 0.25) is 10.0 Å². The van der Waals surface area contributed by atoms with Crippen LogP contribution in [0.4, 0.5) is 0 Å². The highest BCUT2D eigenvalue weighted by Crippen LogP contribution is 2.23. The Morgan fingerprint density at radius 2 is 1.77 bits per heavy atom. The minimum absolute atomic E-state index is 0.119. The number of piperidine rings is 1. The molecule has 1 heterocycles. The third kappa shape index (κ3) is 5.10. The van der Waals surface area contributed by atoms with E-state index in [0.717, 1.165) is 38.9 Å². The fraction of sp³-hybridized carbons (Fsp3) is 0.600. The molecule has 1 fully saturated rings. The molecule has 124 valence electrons. The summed E-state index contributed by atoms with van der Waals surface area (Å²) in [7, 11) is -3.56. The van der Waals surface area contributed by atoms with Crippen molar-refractivity contribution in [1.82, 2.24) is 9.62 Å². The quantitative estimate of drug-likeness (QED) is 0.841. The molecule has 1 aromatic carbocycles. The van der Waals surface area contributed by atoms with Gasteiger partial charge in [-0.15, -0.1) is 0 Å². The Bertz CT molecular complexity index is 579. The van der Waals surface area contributed by atoms with Crippen LogP contribution in [-0.2, 0) is 10.0 Å². The lowest BCUT2D eigenvalue weighted by Crippen LogP contribution is -2.38. The first-order valence-corrected chi connectivity index (χ1v) is 9.82. The molecule has 0 unspecified atom stereocenters. The second kappa shape index (κ2) is 7.97. The predicted molar refractivity (Wildman–Crippen MR) is 91.1 cm³/mol. The first-order valence-electron chi connectivity index (χ1n) is 7.59. The monoisotopic (exact) mass is 364 g/mol. The lowest BCUT2D eigenvalue weighted by atomic mass is 9.97. The molecule has 4 nitrogen and oxygen atoms in total. The summed E-state index contributed by atoms with van der Waals surface area (Å²) in [5.41, 5.74) is 0. The van der Waals surface area contributed by atoms with Crippen LogP contribution in [0, 0.1) is 5.92 Å². The van der Waals surface area contributed by atoms with Crippen molar-refractivity contribution < 1.29 is 8.42 Å². The Labute approximate surface area is 142 Å². The second-order valence-corrected chi connectivity index (χ2v) is 8.38.